The Balaban J connectivity index is 2.33. The molecule has 0 spiro atoms. The Morgan fingerprint density at radius 1 is 1.30 bits per heavy atom. The van der Waals surface area contributed by atoms with Gasteiger partial charge in [-0.25, -0.2) is 4.39 Å². The number of nitrogens with one attached hydrogen (secondary N) is 1. The summed E-state index contributed by atoms with van der Waals surface area (Å²) in [6.45, 7) is 0. The first kappa shape index (κ1) is 17.6. The lowest BCUT2D eigenvalue weighted by Gasteiger charge is -2.20. The van der Waals surface area contributed by atoms with Gasteiger partial charge in [0.2, 0.25) is 5.91 Å². The monoisotopic (exact) mass is 352 g/mol. The quantitative estimate of drug-likeness (QED) is 0.780. The Bertz CT molecular complexity index is 696. The SMILES string of the molecule is CNC(=O)CSCC(c1cc(Cl)ccc1N)c1ccccc1F. The first-order chi connectivity index (χ1) is 11.0. The number of rotatable bonds is 6. The van der Waals surface area contributed by atoms with E-state index in [9.17, 15) is 9.18 Å². The van der Waals surface area contributed by atoms with E-state index >= 15 is 0 Å². The molecule has 0 fully saturated rings. The minimum Gasteiger partial charge on any atom is -0.398 e. The number of carbonyl (C=O) groups is 1. The Kier molecular flexibility index (Phi) is 6.30. The van der Waals surface area contributed by atoms with Crippen LogP contribution in [0.3, 0.4) is 0 Å². The molecule has 6 heteroatoms. The maximum Gasteiger partial charge on any atom is 0.229 e. The Labute approximate surface area is 144 Å². The fourth-order valence-electron chi connectivity index (χ4n) is 2.29. The summed E-state index contributed by atoms with van der Waals surface area (Å²) in [5.74, 6) is 0.198. The van der Waals surface area contributed by atoms with Crippen molar-refractivity contribution < 1.29 is 9.18 Å². The van der Waals surface area contributed by atoms with Gasteiger partial charge in [-0.05, 0) is 35.4 Å². The van der Waals surface area contributed by atoms with Crippen LogP contribution in [0.5, 0.6) is 0 Å². The number of hydrogen-bond acceptors (Lipinski definition) is 3. The normalized spacial score (nSPS) is 12.0. The minimum atomic E-state index is -0.294. The van der Waals surface area contributed by atoms with Gasteiger partial charge >= 0.3 is 0 Å². The summed E-state index contributed by atoms with van der Waals surface area (Å²) in [6.07, 6.45) is 0. The van der Waals surface area contributed by atoms with Crippen LogP contribution in [0.25, 0.3) is 0 Å². The number of halogens is 2. The third-order valence-corrected chi connectivity index (χ3v) is 4.77. The summed E-state index contributed by atoms with van der Waals surface area (Å²) >= 11 is 7.50. The molecule has 0 aliphatic carbocycles. The van der Waals surface area contributed by atoms with E-state index < -0.39 is 0 Å². The molecule has 23 heavy (non-hydrogen) atoms. The highest BCUT2D eigenvalue weighted by molar-refractivity contribution is 7.99. The van der Waals surface area contributed by atoms with Crippen molar-refractivity contribution in [3.63, 3.8) is 0 Å². The molecule has 2 aromatic rings. The highest BCUT2D eigenvalue weighted by Gasteiger charge is 2.21. The molecule has 1 unspecified atom stereocenters. The smallest absolute Gasteiger partial charge is 0.229 e. The van der Waals surface area contributed by atoms with Gasteiger partial charge in [0, 0.05) is 29.4 Å². The number of benzene rings is 2. The lowest BCUT2D eigenvalue weighted by atomic mass is 9.91. The van der Waals surface area contributed by atoms with Gasteiger partial charge in [0.15, 0.2) is 0 Å². The van der Waals surface area contributed by atoms with Crippen molar-refractivity contribution in [2.45, 2.75) is 5.92 Å². The van der Waals surface area contributed by atoms with Crippen LogP contribution < -0.4 is 11.1 Å². The first-order valence-corrected chi connectivity index (χ1v) is 8.64. The standard InChI is InChI=1S/C17H18ClFN2OS/c1-21-17(22)10-23-9-14(12-4-2-3-5-15(12)19)13-8-11(18)6-7-16(13)20/h2-8,14H,9-10,20H2,1H3,(H,21,22). The van der Waals surface area contributed by atoms with Crippen LogP contribution >= 0.6 is 23.4 Å². The molecule has 1 amide bonds. The molecule has 0 radical (unpaired) electrons. The summed E-state index contributed by atoms with van der Waals surface area (Å²) < 4.78 is 14.2. The maximum atomic E-state index is 14.2. The van der Waals surface area contributed by atoms with Gasteiger partial charge in [0.05, 0.1) is 5.75 Å². The van der Waals surface area contributed by atoms with E-state index in [-0.39, 0.29) is 17.6 Å². The van der Waals surface area contributed by atoms with Gasteiger partial charge in [-0.15, -0.1) is 0 Å². The zero-order chi connectivity index (χ0) is 16.8. The molecule has 0 aliphatic rings. The molecule has 0 heterocycles. The van der Waals surface area contributed by atoms with Crippen LogP contribution in [0.2, 0.25) is 5.02 Å². The Morgan fingerprint density at radius 3 is 2.74 bits per heavy atom. The van der Waals surface area contributed by atoms with E-state index in [0.717, 1.165) is 5.56 Å². The van der Waals surface area contributed by atoms with Crippen LogP contribution in [-0.2, 0) is 4.79 Å². The van der Waals surface area contributed by atoms with E-state index in [0.29, 0.717) is 27.8 Å². The van der Waals surface area contributed by atoms with Crippen molar-refractivity contribution in [2.75, 3.05) is 24.3 Å². The van der Waals surface area contributed by atoms with Gasteiger partial charge in [-0.3, -0.25) is 4.79 Å². The summed E-state index contributed by atoms with van der Waals surface area (Å²) in [5.41, 5.74) is 7.94. The van der Waals surface area contributed by atoms with Crippen molar-refractivity contribution in [2.24, 2.45) is 0 Å². The average Bonchev–Trinajstić information content (AvgIpc) is 2.55. The van der Waals surface area contributed by atoms with Gasteiger partial charge in [0.1, 0.15) is 5.82 Å². The van der Waals surface area contributed by atoms with Gasteiger partial charge < -0.3 is 11.1 Å². The molecule has 3 nitrogen and oxygen atoms in total. The van der Waals surface area contributed by atoms with E-state index in [4.69, 9.17) is 17.3 Å². The van der Waals surface area contributed by atoms with Crippen LogP contribution in [0.15, 0.2) is 42.5 Å². The highest BCUT2D eigenvalue weighted by atomic mass is 35.5. The molecule has 0 bridgehead atoms. The maximum absolute atomic E-state index is 14.2. The second kappa shape index (κ2) is 8.22. The number of thioether (sulfide) groups is 1. The summed E-state index contributed by atoms with van der Waals surface area (Å²) in [6, 6.07) is 11.8. The molecular formula is C17H18ClFN2OS. The van der Waals surface area contributed by atoms with Crippen LogP contribution in [-0.4, -0.2) is 24.5 Å². The summed E-state index contributed by atoms with van der Waals surface area (Å²) in [7, 11) is 1.59. The molecule has 0 aromatic heterocycles. The van der Waals surface area contributed by atoms with Crippen molar-refractivity contribution in [3.05, 3.63) is 64.4 Å². The van der Waals surface area contributed by atoms with Crippen LogP contribution in [0.4, 0.5) is 10.1 Å². The predicted molar refractivity (Wildman–Crippen MR) is 95.5 cm³/mol. The molecule has 2 rings (SSSR count). The second-order valence-corrected chi connectivity index (χ2v) is 6.50. The third kappa shape index (κ3) is 4.62. The number of amides is 1. The molecule has 122 valence electrons. The zero-order valence-electron chi connectivity index (χ0n) is 12.7. The lowest BCUT2D eigenvalue weighted by molar-refractivity contribution is -0.118. The Hall–Kier alpha value is -1.72. The van der Waals surface area contributed by atoms with Gasteiger partial charge in [-0.2, -0.15) is 11.8 Å². The molecule has 0 saturated heterocycles. The van der Waals surface area contributed by atoms with E-state index in [2.05, 4.69) is 5.32 Å². The summed E-state index contributed by atoms with van der Waals surface area (Å²) in [5, 5.41) is 3.12. The molecule has 1 atom stereocenters. The third-order valence-electron chi connectivity index (χ3n) is 3.50. The molecule has 0 saturated carbocycles. The summed E-state index contributed by atoms with van der Waals surface area (Å²) in [4.78, 5) is 11.4. The lowest BCUT2D eigenvalue weighted by Crippen LogP contribution is -2.20. The van der Waals surface area contributed by atoms with Crippen molar-refractivity contribution >= 4 is 35.0 Å². The topological polar surface area (TPSA) is 55.1 Å². The largest absolute Gasteiger partial charge is 0.398 e. The molecule has 0 aliphatic heterocycles. The van der Waals surface area contributed by atoms with Crippen molar-refractivity contribution in [1.82, 2.24) is 5.32 Å². The fourth-order valence-corrected chi connectivity index (χ4v) is 3.52. The zero-order valence-corrected chi connectivity index (χ0v) is 14.3. The highest BCUT2D eigenvalue weighted by Crippen LogP contribution is 2.34. The number of hydrogen-bond donors (Lipinski definition) is 2. The first-order valence-electron chi connectivity index (χ1n) is 7.10. The van der Waals surface area contributed by atoms with E-state index in [1.807, 2.05) is 0 Å². The van der Waals surface area contributed by atoms with Crippen LogP contribution in [0, 0.1) is 5.82 Å². The minimum absolute atomic E-state index is 0.0682. The van der Waals surface area contributed by atoms with Crippen molar-refractivity contribution in [1.29, 1.82) is 0 Å². The number of nitrogens with two attached hydrogens (primary N) is 1. The van der Waals surface area contributed by atoms with Gasteiger partial charge in [0.25, 0.3) is 0 Å². The predicted octanol–water partition coefficient (Wildman–Crippen LogP) is 3.67. The average molecular weight is 353 g/mol. The molecular weight excluding hydrogens is 335 g/mol. The number of anilines is 1. The number of carbonyl (C=O) groups excluding carboxylic acids is 1. The van der Waals surface area contributed by atoms with Crippen LogP contribution in [0.1, 0.15) is 17.0 Å². The van der Waals surface area contributed by atoms with E-state index in [1.54, 1.807) is 43.4 Å². The Morgan fingerprint density at radius 2 is 2.04 bits per heavy atom. The molecule has 3 N–H and O–H groups in total. The van der Waals surface area contributed by atoms with Gasteiger partial charge in [-0.1, -0.05) is 29.8 Å². The van der Waals surface area contributed by atoms with Crippen molar-refractivity contribution in [3.8, 4) is 0 Å². The van der Waals surface area contributed by atoms with E-state index in [1.165, 1.54) is 17.8 Å². The number of nitrogen functional groups attached to an aromatic ring is 1. The molecule has 2 aromatic carbocycles. The second-order valence-electron chi connectivity index (χ2n) is 5.04. The fraction of sp³-hybridized carbons (Fsp3) is 0.235.